The molecule has 0 spiro atoms. The average Bonchev–Trinajstić information content (AvgIpc) is 3.46. The molecule has 1 amide bonds. The number of benzene rings is 1. The molecule has 0 unspecified atom stereocenters. The first-order chi connectivity index (χ1) is 12.5. The Morgan fingerprint density at radius 1 is 0.962 bits per heavy atom. The van der Waals surface area contributed by atoms with Crippen molar-refractivity contribution >= 4 is 11.6 Å². The number of nitrogens with zero attached hydrogens (tertiary/aromatic N) is 3. The van der Waals surface area contributed by atoms with Gasteiger partial charge in [0, 0.05) is 46.0 Å². The van der Waals surface area contributed by atoms with Crippen molar-refractivity contribution in [3.8, 4) is 0 Å². The van der Waals surface area contributed by atoms with E-state index in [2.05, 4.69) is 34.1 Å². The number of hydrogen-bond acceptors (Lipinski definition) is 3. The summed E-state index contributed by atoms with van der Waals surface area (Å²) in [4.78, 5) is 19.4. The molecule has 0 aromatic heterocycles. The Kier molecular flexibility index (Phi) is 6.58. The summed E-state index contributed by atoms with van der Waals surface area (Å²) in [5, 5.41) is 0. The lowest BCUT2D eigenvalue weighted by Crippen LogP contribution is -2.45. The molecule has 2 fully saturated rings. The van der Waals surface area contributed by atoms with E-state index in [1.54, 1.807) is 0 Å². The summed E-state index contributed by atoms with van der Waals surface area (Å²) in [5.41, 5.74) is 2.38. The first kappa shape index (κ1) is 19.2. The van der Waals surface area contributed by atoms with E-state index in [9.17, 15) is 4.79 Å². The first-order valence-electron chi connectivity index (χ1n) is 10.3. The molecule has 3 rings (SSSR count). The highest BCUT2D eigenvalue weighted by molar-refractivity contribution is 5.78. The predicted octanol–water partition coefficient (Wildman–Crippen LogP) is 3.76. The van der Waals surface area contributed by atoms with Gasteiger partial charge in [-0.05, 0) is 49.3 Å². The smallest absolute Gasteiger partial charge is 0.236 e. The van der Waals surface area contributed by atoms with Crippen LogP contribution in [0.2, 0.25) is 0 Å². The first-order valence-corrected chi connectivity index (χ1v) is 10.3. The largest absolute Gasteiger partial charge is 0.378 e. The summed E-state index contributed by atoms with van der Waals surface area (Å²) in [6.45, 7) is 2.41. The van der Waals surface area contributed by atoms with Gasteiger partial charge in [0.2, 0.25) is 5.91 Å². The van der Waals surface area contributed by atoms with E-state index >= 15 is 0 Å². The molecule has 0 radical (unpaired) electrons. The molecule has 4 nitrogen and oxygen atoms in total. The van der Waals surface area contributed by atoms with Gasteiger partial charge >= 0.3 is 0 Å². The third-order valence-electron chi connectivity index (χ3n) is 5.92. The molecule has 2 saturated carbocycles. The molecule has 0 atom stereocenters. The molecule has 144 valence electrons. The third kappa shape index (κ3) is 5.47. The SMILES string of the molecule is CN(Cc1ccc(N(C)C)cc1)C(=O)CN(CC1CC1)C1CCCCC1. The van der Waals surface area contributed by atoms with Gasteiger partial charge in [0.25, 0.3) is 0 Å². The van der Waals surface area contributed by atoms with Gasteiger partial charge in [-0.15, -0.1) is 0 Å². The number of rotatable bonds is 8. The van der Waals surface area contributed by atoms with Crippen LogP contribution >= 0.6 is 0 Å². The van der Waals surface area contributed by atoms with Crippen molar-refractivity contribution in [3.63, 3.8) is 0 Å². The van der Waals surface area contributed by atoms with E-state index in [4.69, 9.17) is 0 Å². The Morgan fingerprint density at radius 2 is 1.62 bits per heavy atom. The molecule has 0 saturated heterocycles. The molecule has 0 aliphatic heterocycles. The lowest BCUT2D eigenvalue weighted by molar-refractivity contribution is -0.132. The fraction of sp³-hybridized carbons (Fsp3) is 0.682. The molecule has 0 heterocycles. The number of carbonyl (C=O) groups is 1. The van der Waals surface area contributed by atoms with Crippen LogP contribution in [0.4, 0.5) is 5.69 Å². The normalized spacial score (nSPS) is 18.2. The van der Waals surface area contributed by atoms with Crippen LogP contribution in [-0.2, 0) is 11.3 Å². The second-order valence-electron chi connectivity index (χ2n) is 8.48. The van der Waals surface area contributed by atoms with Crippen molar-refractivity contribution in [2.24, 2.45) is 5.92 Å². The van der Waals surface area contributed by atoms with Gasteiger partial charge in [0.15, 0.2) is 0 Å². The van der Waals surface area contributed by atoms with E-state index < -0.39 is 0 Å². The van der Waals surface area contributed by atoms with Crippen molar-refractivity contribution < 1.29 is 4.79 Å². The second-order valence-corrected chi connectivity index (χ2v) is 8.48. The zero-order valence-corrected chi connectivity index (χ0v) is 16.8. The summed E-state index contributed by atoms with van der Waals surface area (Å²) in [6.07, 6.45) is 9.27. The van der Waals surface area contributed by atoms with Gasteiger partial charge in [-0.3, -0.25) is 9.69 Å². The minimum absolute atomic E-state index is 0.257. The molecule has 0 N–H and O–H groups in total. The molecule has 2 aliphatic rings. The van der Waals surface area contributed by atoms with Crippen LogP contribution in [0.3, 0.4) is 0 Å². The number of hydrogen-bond donors (Lipinski definition) is 0. The van der Waals surface area contributed by atoms with Crippen molar-refractivity contribution in [3.05, 3.63) is 29.8 Å². The van der Waals surface area contributed by atoms with E-state index in [0.717, 1.165) is 12.5 Å². The number of likely N-dealkylation sites (N-methyl/N-ethyl adjacent to an activating group) is 1. The average molecular weight is 358 g/mol. The number of amides is 1. The van der Waals surface area contributed by atoms with Gasteiger partial charge < -0.3 is 9.80 Å². The van der Waals surface area contributed by atoms with Crippen LogP contribution in [0.5, 0.6) is 0 Å². The molecule has 4 heteroatoms. The maximum absolute atomic E-state index is 12.9. The van der Waals surface area contributed by atoms with Gasteiger partial charge in [-0.2, -0.15) is 0 Å². The summed E-state index contributed by atoms with van der Waals surface area (Å²) in [6, 6.07) is 9.12. The maximum Gasteiger partial charge on any atom is 0.236 e. The van der Waals surface area contributed by atoms with E-state index in [-0.39, 0.29) is 5.91 Å². The van der Waals surface area contributed by atoms with Crippen LogP contribution in [0, 0.1) is 5.92 Å². The summed E-state index contributed by atoms with van der Waals surface area (Å²) in [7, 11) is 6.03. The fourth-order valence-corrected chi connectivity index (χ4v) is 3.98. The number of anilines is 1. The zero-order chi connectivity index (χ0) is 18.5. The Hall–Kier alpha value is -1.55. The van der Waals surface area contributed by atoms with Crippen molar-refractivity contribution in [2.45, 2.75) is 57.5 Å². The third-order valence-corrected chi connectivity index (χ3v) is 5.92. The molecule has 0 bridgehead atoms. The Balaban J connectivity index is 1.55. The molecular formula is C22H35N3O. The lowest BCUT2D eigenvalue weighted by Gasteiger charge is -2.35. The van der Waals surface area contributed by atoms with Gasteiger partial charge in [-0.25, -0.2) is 0 Å². The van der Waals surface area contributed by atoms with E-state index in [1.165, 1.54) is 56.2 Å². The number of carbonyl (C=O) groups excluding carboxylic acids is 1. The van der Waals surface area contributed by atoms with E-state index in [0.29, 0.717) is 19.1 Å². The van der Waals surface area contributed by atoms with Crippen LogP contribution in [-0.4, -0.2) is 56.0 Å². The maximum atomic E-state index is 12.9. The topological polar surface area (TPSA) is 26.8 Å². The highest BCUT2D eigenvalue weighted by Crippen LogP contribution is 2.32. The fourth-order valence-electron chi connectivity index (χ4n) is 3.98. The van der Waals surface area contributed by atoms with Crippen molar-refractivity contribution in [2.75, 3.05) is 39.1 Å². The van der Waals surface area contributed by atoms with Gasteiger partial charge in [0.05, 0.1) is 6.54 Å². The highest BCUT2D eigenvalue weighted by Gasteiger charge is 2.30. The van der Waals surface area contributed by atoms with Crippen LogP contribution in [0.15, 0.2) is 24.3 Å². The monoisotopic (exact) mass is 357 g/mol. The van der Waals surface area contributed by atoms with Crippen LogP contribution in [0.25, 0.3) is 0 Å². The molecule has 1 aromatic rings. The molecule has 1 aromatic carbocycles. The van der Waals surface area contributed by atoms with Crippen LogP contribution < -0.4 is 4.90 Å². The molecular weight excluding hydrogens is 322 g/mol. The Morgan fingerprint density at radius 3 is 2.19 bits per heavy atom. The standard InChI is InChI=1S/C22H35N3O/c1-23(2)20-13-11-18(12-14-20)15-24(3)22(26)17-25(16-19-9-10-19)21-7-5-4-6-8-21/h11-14,19,21H,4-10,15-17H2,1-3H3. The zero-order valence-electron chi connectivity index (χ0n) is 16.8. The Bertz CT molecular complexity index is 574. The summed E-state index contributed by atoms with van der Waals surface area (Å²) in [5.74, 6) is 1.10. The molecule has 2 aliphatic carbocycles. The van der Waals surface area contributed by atoms with E-state index in [1.807, 2.05) is 26.0 Å². The van der Waals surface area contributed by atoms with Crippen molar-refractivity contribution in [1.82, 2.24) is 9.80 Å². The predicted molar refractivity (Wildman–Crippen MR) is 108 cm³/mol. The van der Waals surface area contributed by atoms with Gasteiger partial charge in [0.1, 0.15) is 0 Å². The van der Waals surface area contributed by atoms with Crippen LogP contribution in [0.1, 0.15) is 50.5 Å². The summed E-state index contributed by atoms with van der Waals surface area (Å²) < 4.78 is 0. The Labute approximate surface area is 159 Å². The van der Waals surface area contributed by atoms with Crippen molar-refractivity contribution in [1.29, 1.82) is 0 Å². The highest BCUT2D eigenvalue weighted by atomic mass is 16.2. The minimum atomic E-state index is 0.257. The summed E-state index contributed by atoms with van der Waals surface area (Å²) >= 11 is 0. The second kappa shape index (κ2) is 8.90. The molecule has 26 heavy (non-hydrogen) atoms. The quantitative estimate of drug-likeness (QED) is 0.709. The minimum Gasteiger partial charge on any atom is -0.378 e. The van der Waals surface area contributed by atoms with Gasteiger partial charge in [-0.1, -0.05) is 31.4 Å². The lowest BCUT2D eigenvalue weighted by atomic mass is 9.94.